The van der Waals surface area contributed by atoms with Gasteiger partial charge >= 0.3 is 0 Å². The fraction of sp³-hybridized carbons (Fsp3) is 0.357. The molecule has 8 heteroatoms. The Morgan fingerprint density at radius 3 is 2.61 bits per heavy atom. The molecule has 6 rings (SSSR count). The molecule has 1 saturated heterocycles. The van der Waals surface area contributed by atoms with E-state index in [2.05, 4.69) is 39.8 Å². The minimum atomic E-state index is -0.00659. The Balaban J connectivity index is 1.64. The van der Waals surface area contributed by atoms with E-state index in [9.17, 15) is 0 Å². The highest BCUT2D eigenvalue weighted by molar-refractivity contribution is 6.05. The van der Waals surface area contributed by atoms with E-state index in [0.717, 1.165) is 87.8 Å². The van der Waals surface area contributed by atoms with Crippen LogP contribution in [0.4, 0.5) is 0 Å². The van der Waals surface area contributed by atoms with Crippen LogP contribution in [0, 0.1) is 13.8 Å². The molecule has 1 aliphatic heterocycles. The Hall–Kier alpha value is -3.78. The summed E-state index contributed by atoms with van der Waals surface area (Å²) < 4.78 is 19.3. The number of aryl methyl sites for hydroxylation is 2. The van der Waals surface area contributed by atoms with Crippen LogP contribution >= 0.6 is 0 Å². The average molecular weight is 484 g/mol. The van der Waals surface area contributed by atoms with Gasteiger partial charge in [-0.1, -0.05) is 11.2 Å². The summed E-state index contributed by atoms with van der Waals surface area (Å²) in [6, 6.07) is 10.2. The zero-order chi connectivity index (χ0) is 24.8. The fourth-order valence-electron chi connectivity index (χ4n) is 5.44. The number of nitrogens with zero attached hydrogens (tertiary/aromatic N) is 5. The largest absolute Gasteiger partial charge is 0.496 e. The first-order valence-electron chi connectivity index (χ1n) is 12.4. The molecule has 0 N–H and O–H groups in total. The molecule has 1 fully saturated rings. The summed E-state index contributed by atoms with van der Waals surface area (Å²) in [4.78, 5) is 14.6. The first-order valence-corrected chi connectivity index (χ1v) is 12.4. The molecule has 1 aliphatic rings. The molecule has 0 aliphatic carbocycles. The minimum absolute atomic E-state index is 0.00659. The molecule has 36 heavy (non-hydrogen) atoms. The van der Waals surface area contributed by atoms with Crippen LogP contribution in [-0.4, -0.2) is 45.0 Å². The smallest absolute Gasteiger partial charge is 0.141 e. The van der Waals surface area contributed by atoms with Crippen molar-refractivity contribution in [2.45, 2.75) is 45.6 Å². The molecule has 5 aromatic rings. The molecule has 1 unspecified atom stereocenters. The molecule has 1 aromatic carbocycles. The van der Waals surface area contributed by atoms with E-state index in [4.69, 9.17) is 24.0 Å². The van der Waals surface area contributed by atoms with Crippen LogP contribution in [0.25, 0.3) is 33.1 Å². The van der Waals surface area contributed by atoms with Crippen LogP contribution in [0.2, 0.25) is 0 Å². The Morgan fingerprint density at radius 1 is 1.08 bits per heavy atom. The SMILES string of the molecule is COc1cc2c(cc1-c1c(C)noc1C)ncc1nc(C3CCOCC3)n(C(C)c3ccccn3)c12. The maximum Gasteiger partial charge on any atom is 0.141 e. The molecular weight excluding hydrogens is 454 g/mol. The number of hydrogen-bond acceptors (Lipinski definition) is 7. The maximum absolute atomic E-state index is 5.89. The van der Waals surface area contributed by atoms with Crippen molar-refractivity contribution in [2.75, 3.05) is 20.3 Å². The van der Waals surface area contributed by atoms with E-state index in [1.165, 1.54) is 0 Å². The standard InChI is InChI=1S/C28H29N5O3/c1-16-26(18(3)36-32-16)21-13-23-20(14-25(21)34-4)27-24(15-30-23)31-28(19-8-11-35-12-9-19)33(27)17(2)22-7-5-6-10-29-22/h5-7,10,13-15,17,19H,8-9,11-12H2,1-4H3. The van der Waals surface area contributed by atoms with Crippen LogP contribution < -0.4 is 4.74 Å². The molecule has 0 saturated carbocycles. The highest BCUT2D eigenvalue weighted by atomic mass is 16.5. The summed E-state index contributed by atoms with van der Waals surface area (Å²) >= 11 is 0. The summed E-state index contributed by atoms with van der Waals surface area (Å²) in [6.07, 6.45) is 5.62. The van der Waals surface area contributed by atoms with Gasteiger partial charge in [0.05, 0.1) is 47.3 Å². The zero-order valence-corrected chi connectivity index (χ0v) is 21.0. The van der Waals surface area contributed by atoms with Crippen LogP contribution in [0.15, 0.2) is 47.2 Å². The van der Waals surface area contributed by atoms with Crippen molar-refractivity contribution >= 4 is 21.9 Å². The molecule has 8 nitrogen and oxygen atoms in total. The first kappa shape index (κ1) is 22.7. The number of ether oxygens (including phenoxy) is 2. The molecule has 4 aromatic heterocycles. The predicted octanol–water partition coefficient (Wildman–Crippen LogP) is 5.76. The van der Waals surface area contributed by atoms with E-state index >= 15 is 0 Å². The van der Waals surface area contributed by atoms with E-state index in [1.54, 1.807) is 7.11 Å². The lowest BCUT2D eigenvalue weighted by molar-refractivity contribution is 0.0828. The van der Waals surface area contributed by atoms with Gasteiger partial charge in [0.2, 0.25) is 0 Å². The third-order valence-electron chi connectivity index (χ3n) is 7.26. The van der Waals surface area contributed by atoms with Crippen LogP contribution in [-0.2, 0) is 4.74 Å². The van der Waals surface area contributed by atoms with Crippen molar-refractivity contribution in [2.24, 2.45) is 0 Å². The average Bonchev–Trinajstić information content (AvgIpc) is 3.48. The molecule has 0 spiro atoms. The Morgan fingerprint density at radius 2 is 1.92 bits per heavy atom. The third-order valence-corrected chi connectivity index (χ3v) is 7.26. The summed E-state index contributed by atoms with van der Waals surface area (Å²) in [7, 11) is 1.69. The number of benzene rings is 1. The van der Waals surface area contributed by atoms with Gasteiger partial charge in [0.1, 0.15) is 22.9 Å². The lowest BCUT2D eigenvalue weighted by Gasteiger charge is -2.25. The number of pyridine rings is 2. The fourth-order valence-corrected chi connectivity index (χ4v) is 5.44. The van der Waals surface area contributed by atoms with Gasteiger partial charge in [-0.3, -0.25) is 9.97 Å². The second-order valence-corrected chi connectivity index (χ2v) is 9.42. The summed E-state index contributed by atoms with van der Waals surface area (Å²) in [6.45, 7) is 7.54. The number of hydrogen-bond donors (Lipinski definition) is 0. The van der Waals surface area contributed by atoms with Gasteiger partial charge in [-0.05, 0) is 57.9 Å². The minimum Gasteiger partial charge on any atom is -0.496 e. The summed E-state index contributed by atoms with van der Waals surface area (Å²) in [5.41, 5.74) is 6.46. The van der Waals surface area contributed by atoms with Gasteiger partial charge in [0, 0.05) is 36.3 Å². The molecule has 184 valence electrons. The van der Waals surface area contributed by atoms with Crippen LogP contribution in [0.3, 0.4) is 0 Å². The monoisotopic (exact) mass is 483 g/mol. The normalized spacial score (nSPS) is 15.6. The first-order chi connectivity index (χ1) is 17.6. The molecule has 0 amide bonds. The summed E-state index contributed by atoms with van der Waals surface area (Å²) in [5, 5.41) is 5.14. The van der Waals surface area contributed by atoms with Crippen molar-refractivity contribution in [3.63, 3.8) is 0 Å². The van der Waals surface area contributed by atoms with E-state index < -0.39 is 0 Å². The molecule has 5 heterocycles. The highest BCUT2D eigenvalue weighted by Crippen LogP contribution is 2.41. The van der Waals surface area contributed by atoms with Crippen molar-refractivity contribution in [1.29, 1.82) is 0 Å². The van der Waals surface area contributed by atoms with Crippen LogP contribution in [0.1, 0.15) is 54.7 Å². The van der Waals surface area contributed by atoms with Gasteiger partial charge in [-0.25, -0.2) is 4.98 Å². The predicted molar refractivity (Wildman–Crippen MR) is 137 cm³/mol. The number of aromatic nitrogens is 5. The molecule has 1 atom stereocenters. The second kappa shape index (κ2) is 9.02. The van der Waals surface area contributed by atoms with Gasteiger partial charge in [-0.2, -0.15) is 0 Å². The van der Waals surface area contributed by atoms with E-state index in [1.807, 2.05) is 38.4 Å². The van der Waals surface area contributed by atoms with Crippen molar-refractivity contribution in [3.8, 4) is 16.9 Å². The van der Waals surface area contributed by atoms with Crippen LogP contribution in [0.5, 0.6) is 5.75 Å². The topological polar surface area (TPSA) is 88.1 Å². The number of fused-ring (bicyclic) bond motifs is 3. The highest BCUT2D eigenvalue weighted by Gasteiger charge is 2.28. The molecular formula is C28H29N5O3. The van der Waals surface area contributed by atoms with Crippen molar-refractivity contribution in [3.05, 3.63) is 65.7 Å². The lowest BCUT2D eigenvalue weighted by Crippen LogP contribution is -2.20. The Labute approximate surface area is 209 Å². The second-order valence-electron chi connectivity index (χ2n) is 9.42. The Kier molecular flexibility index (Phi) is 5.68. The van der Waals surface area contributed by atoms with E-state index in [0.29, 0.717) is 5.92 Å². The summed E-state index contributed by atoms with van der Waals surface area (Å²) in [5.74, 6) is 2.88. The molecule has 0 bridgehead atoms. The van der Waals surface area contributed by atoms with Crippen molar-refractivity contribution in [1.82, 2.24) is 24.7 Å². The van der Waals surface area contributed by atoms with E-state index in [-0.39, 0.29) is 6.04 Å². The van der Waals surface area contributed by atoms with Gasteiger partial charge in [0.15, 0.2) is 0 Å². The Bertz CT molecular complexity index is 1530. The van der Waals surface area contributed by atoms with Gasteiger partial charge < -0.3 is 18.6 Å². The zero-order valence-electron chi connectivity index (χ0n) is 21.0. The van der Waals surface area contributed by atoms with Crippen molar-refractivity contribution < 1.29 is 14.0 Å². The lowest BCUT2D eigenvalue weighted by atomic mass is 9.98. The number of methoxy groups -OCH3 is 1. The quantitative estimate of drug-likeness (QED) is 0.314. The number of imidazole rings is 1. The number of rotatable bonds is 5. The third kappa shape index (κ3) is 3.64. The molecule has 0 radical (unpaired) electrons. The van der Waals surface area contributed by atoms with Gasteiger partial charge in [0.25, 0.3) is 0 Å². The maximum atomic E-state index is 5.89. The van der Waals surface area contributed by atoms with Gasteiger partial charge in [-0.15, -0.1) is 0 Å².